The molecule has 0 aromatic heterocycles. The summed E-state index contributed by atoms with van der Waals surface area (Å²) in [6.07, 6.45) is 4.98. The van der Waals surface area contributed by atoms with Crippen LogP contribution in [0.4, 0.5) is 8.78 Å². The van der Waals surface area contributed by atoms with Crippen molar-refractivity contribution in [2.45, 2.75) is 26.4 Å². The number of halogens is 2. The van der Waals surface area contributed by atoms with Gasteiger partial charge in [0.05, 0.1) is 0 Å². The van der Waals surface area contributed by atoms with E-state index in [2.05, 4.69) is 0 Å². The predicted molar refractivity (Wildman–Crippen MR) is 52.4 cm³/mol. The molecule has 70 valence electrons. The first-order chi connectivity index (χ1) is 5.34. The molecule has 0 aliphatic rings. The van der Waals surface area contributed by atoms with Crippen molar-refractivity contribution in [3.63, 3.8) is 0 Å². The van der Waals surface area contributed by atoms with Gasteiger partial charge in [-0.05, 0) is 13.8 Å². The Morgan fingerprint density at radius 3 is 2.25 bits per heavy atom. The second-order valence-electron chi connectivity index (χ2n) is 3.09. The fourth-order valence-corrected chi connectivity index (χ4v) is 0.654. The molecule has 0 saturated heterocycles. The van der Waals surface area contributed by atoms with Crippen LogP contribution in [0.3, 0.4) is 0 Å². The van der Waals surface area contributed by atoms with E-state index in [0.717, 1.165) is 5.57 Å². The molecule has 0 aromatic rings. The van der Waals surface area contributed by atoms with E-state index in [0.29, 0.717) is 0 Å². The summed E-state index contributed by atoms with van der Waals surface area (Å²) in [4.78, 5) is 0. The normalized spacial score (nSPS) is 14.8. The van der Waals surface area contributed by atoms with Gasteiger partial charge in [0.15, 0.2) is 0 Å². The van der Waals surface area contributed by atoms with Crippen LogP contribution in [-0.4, -0.2) is 5.66 Å². The van der Waals surface area contributed by atoms with Gasteiger partial charge in [-0.1, -0.05) is 40.0 Å². The maximum atomic E-state index is 12.5. The van der Waals surface area contributed by atoms with Crippen LogP contribution in [-0.2, 0) is 0 Å². The van der Waals surface area contributed by atoms with Gasteiger partial charge in [0.1, 0.15) is 0 Å². The monoisotopic (exact) mass is 192 g/mol. The SMILES string of the molecule is CC(C)=C/C=C\C(C)C(F)(F)P. The van der Waals surface area contributed by atoms with Gasteiger partial charge in [0.25, 0.3) is 5.66 Å². The van der Waals surface area contributed by atoms with Gasteiger partial charge in [0, 0.05) is 5.92 Å². The maximum absolute atomic E-state index is 12.5. The zero-order valence-corrected chi connectivity index (χ0v) is 8.80. The van der Waals surface area contributed by atoms with Gasteiger partial charge >= 0.3 is 0 Å². The summed E-state index contributed by atoms with van der Waals surface area (Å²) in [7, 11) is 1.54. The molecule has 0 nitrogen and oxygen atoms in total. The third kappa shape index (κ3) is 5.42. The Hall–Kier alpha value is -0.230. The van der Waals surface area contributed by atoms with Crippen molar-refractivity contribution >= 4 is 9.24 Å². The molecule has 2 unspecified atom stereocenters. The number of hydrogen-bond donors (Lipinski definition) is 0. The summed E-state index contributed by atoms with van der Waals surface area (Å²) in [6.45, 7) is 5.34. The number of hydrogen-bond acceptors (Lipinski definition) is 0. The standard InChI is InChI=1S/C9H15F2P/c1-7(2)5-4-6-8(3)9(10,11)12/h4-6,8H,12H2,1-3H3/b6-4-. The van der Waals surface area contributed by atoms with Crippen LogP contribution in [0.2, 0.25) is 0 Å². The molecule has 12 heavy (non-hydrogen) atoms. The van der Waals surface area contributed by atoms with Crippen molar-refractivity contribution in [1.29, 1.82) is 0 Å². The lowest BCUT2D eigenvalue weighted by Gasteiger charge is -2.14. The summed E-state index contributed by atoms with van der Waals surface area (Å²) in [5.74, 6) is -0.738. The summed E-state index contributed by atoms with van der Waals surface area (Å²) in [5.41, 5.74) is -1.60. The molecule has 0 spiro atoms. The van der Waals surface area contributed by atoms with Crippen molar-refractivity contribution in [3.05, 3.63) is 23.8 Å². The first-order valence-corrected chi connectivity index (χ1v) is 4.40. The molecule has 0 aliphatic carbocycles. The zero-order chi connectivity index (χ0) is 9.78. The molecule has 0 bridgehead atoms. The Morgan fingerprint density at radius 2 is 1.92 bits per heavy atom. The lowest BCUT2D eigenvalue weighted by atomic mass is 10.1. The lowest BCUT2D eigenvalue weighted by molar-refractivity contribution is 0.0656. The molecule has 0 fully saturated rings. The van der Waals surface area contributed by atoms with E-state index in [9.17, 15) is 8.78 Å². The third-order valence-corrected chi connectivity index (χ3v) is 1.96. The Bertz CT molecular complexity index is 185. The Labute approximate surface area is 74.9 Å². The van der Waals surface area contributed by atoms with E-state index in [1.807, 2.05) is 19.9 Å². The van der Waals surface area contributed by atoms with Crippen LogP contribution >= 0.6 is 9.24 Å². The first-order valence-electron chi connectivity index (χ1n) is 3.82. The minimum atomic E-state index is -2.70. The Kier molecular flexibility index (Phi) is 4.62. The van der Waals surface area contributed by atoms with Crippen LogP contribution in [0, 0.1) is 5.92 Å². The molecule has 0 aromatic carbocycles. The molecular formula is C9H15F2P. The fraction of sp³-hybridized carbons (Fsp3) is 0.556. The van der Waals surface area contributed by atoms with Crippen LogP contribution in [0.5, 0.6) is 0 Å². The predicted octanol–water partition coefficient (Wildman–Crippen LogP) is 3.61. The number of allylic oxidation sites excluding steroid dienone is 4. The molecule has 3 heteroatoms. The second kappa shape index (κ2) is 4.71. The van der Waals surface area contributed by atoms with E-state index in [4.69, 9.17) is 0 Å². The van der Waals surface area contributed by atoms with Gasteiger partial charge in [0.2, 0.25) is 0 Å². The first kappa shape index (κ1) is 11.8. The molecule has 0 rings (SSSR count). The van der Waals surface area contributed by atoms with Crippen LogP contribution in [0.1, 0.15) is 20.8 Å². The van der Waals surface area contributed by atoms with Crippen LogP contribution in [0.25, 0.3) is 0 Å². The average molecular weight is 192 g/mol. The smallest absolute Gasteiger partial charge is 0.202 e. The van der Waals surface area contributed by atoms with Crippen LogP contribution in [0.15, 0.2) is 23.8 Å². The van der Waals surface area contributed by atoms with Crippen molar-refractivity contribution in [1.82, 2.24) is 0 Å². The molecule has 0 radical (unpaired) electrons. The topological polar surface area (TPSA) is 0 Å². The quantitative estimate of drug-likeness (QED) is 0.473. The molecular weight excluding hydrogens is 177 g/mol. The maximum Gasteiger partial charge on any atom is 0.264 e. The average Bonchev–Trinajstić information content (AvgIpc) is 1.84. The van der Waals surface area contributed by atoms with E-state index in [1.54, 1.807) is 15.3 Å². The molecule has 0 aliphatic heterocycles. The largest absolute Gasteiger partial charge is 0.264 e. The lowest BCUT2D eigenvalue weighted by Crippen LogP contribution is -2.14. The molecule has 0 saturated carbocycles. The van der Waals surface area contributed by atoms with E-state index < -0.39 is 11.6 Å². The minimum absolute atomic E-state index is 0.738. The zero-order valence-electron chi connectivity index (χ0n) is 7.64. The van der Waals surface area contributed by atoms with Gasteiger partial charge in [-0.15, -0.1) is 0 Å². The van der Waals surface area contributed by atoms with Gasteiger partial charge in [-0.2, -0.15) is 0 Å². The number of rotatable bonds is 3. The summed E-state index contributed by atoms with van der Waals surface area (Å²) in [5, 5.41) is 0. The van der Waals surface area contributed by atoms with Crippen LogP contribution < -0.4 is 0 Å². The van der Waals surface area contributed by atoms with E-state index in [1.165, 1.54) is 13.0 Å². The third-order valence-electron chi connectivity index (χ3n) is 1.44. The van der Waals surface area contributed by atoms with Crippen molar-refractivity contribution in [2.24, 2.45) is 5.92 Å². The molecule has 2 atom stereocenters. The highest BCUT2D eigenvalue weighted by atomic mass is 31.0. The molecule has 0 amide bonds. The molecule has 0 heterocycles. The second-order valence-corrected chi connectivity index (χ2v) is 3.86. The van der Waals surface area contributed by atoms with Gasteiger partial charge in [-0.3, -0.25) is 0 Å². The number of alkyl halides is 2. The van der Waals surface area contributed by atoms with Crippen molar-refractivity contribution in [2.75, 3.05) is 0 Å². The Balaban J connectivity index is 4.10. The summed E-state index contributed by atoms with van der Waals surface area (Å²) < 4.78 is 25.1. The summed E-state index contributed by atoms with van der Waals surface area (Å²) in [6, 6.07) is 0. The fourth-order valence-electron chi connectivity index (χ4n) is 0.543. The van der Waals surface area contributed by atoms with Crippen molar-refractivity contribution < 1.29 is 8.78 Å². The molecule has 0 N–H and O–H groups in total. The Morgan fingerprint density at radius 1 is 1.42 bits per heavy atom. The van der Waals surface area contributed by atoms with Gasteiger partial charge in [-0.25, -0.2) is 8.78 Å². The summed E-state index contributed by atoms with van der Waals surface area (Å²) >= 11 is 0. The van der Waals surface area contributed by atoms with E-state index >= 15 is 0 Å². The highest BCUT2D eigenvalue weighted by Crippen LogP contribution is 2.31. The highest BCUT2D eigenvalue weighted by Gasteiger charge is 2.27. The van der Waals surface area contributed by atoms with Crippen molar-refractivity contribution in [3.8, 4) is 0 Å². The van der Waals surface area contributed by atoms with E-state index in [-0.39, 0.29) is 0 Å². The highest BCUT2D eigenvalue weighted by molar-refractivity contribution is 7.18. The minimum Gasteiger partial charge on any atom is -0.202 e. The van der Waals surface area contributed by atoms with Gasteiger partial charge < -0.3 is 0 Å².